The zero-order valence-electron chi connectivity index (χ0n) is 15.0. The minimum Gasteiger partial charge on any atom is -0.295 e. The van der Waals surface area contributed by atoms with Gasteiger partial charge in [-0.25, -0.2) is 8.42 Å². The lowest BCUT2D eigenvalue weighted by atomic mass is 9.79. The number of ketones is 1. The van der Waals surface area contributed by atoms with Crippen LogP contribution in [0.1, 0.15) is 30.4 Å². The summed E-state index contributed by atoms with van der Waals surface area (Å²) in [6.07, 6.45) is 2.97. The number of carbonyl (C=O) groups is 1. The lowest BCUT2D eigenvalue weighted by Gasteiger charge is -2.24. The van der Waals surface area contributed by atoms with Crippen molar-refractivity contribution in [1.29, 1.82) is 5.26 Å². The van der Waals surface area contributed by atoms with E-state index in [9.17, 15) is 18.5 Å². The molecule has 0 unspecified atom stereocenters. The molecule has 5 heteroatoms. The predicted octanol–water partition coefficient (Wildman–Crippen LogP) is 3.90. The molecule has 0 bridgehead atoms. The summed E-state index contributed by atoms with van der Waals surface area (Å²) in [6.45, 7) is 1.90. The van der Waals surface area contributed by atoms with Crippen LogP contribution < -0.4 is 0 Å². The second-order valence-electron chi connectivity index (χ2n) is 7.47. The van der Waals surface area contributed by atoms with E-state index >= 15 is 0 Å². The van der Waals surface area contributed by atoms with Crippen LogP contribution in [0.25, 0.3) is 0 Å². The van der Waals surface area contributed by atoms with Gasteiger partial charge in [-0.3, -0.25) is 4.79 Å². The molecule has 0 radical (unpaired) electrons. The molecule has 2 aliphatic rings. The maximum absolute atomic E-state index is 13.3. The summed E-state index contributed by atoms with van der Waals surface area (Å²) in [6, 6.07) is 15.9. The Bertz CT molecular complexity index is 1110. The normalized spacial score (nSPS) is 24.4. The summed E-state index contributed by atoms with van der Waals surface area (Å²) in [5, 5.41) is 10.0. The van der Waals surface area contributed by atoms with Crippen LogP contribution in [0.4, 0.5) is 0 Å². The minimum absolute atomic E-state index is 0.0484. The molecule has 27 heavy (non-hydrogen) atoms. The monoisotopic (exact) mass is 377 g/mol. The molecule has 4 nitrogen and oxygen atoms in total. The Morgan fingerprint density at radius 2 is 1.81 bits per heavy atom. The van der Waals surface area contributed by atoms with E-state index in [4.69, 9.17) is 0 Å². The number of carbonyl (C=O) groups excluding carboxylic acids is 1. The molecule has 0 saturated heterocycles. The zero-order valence-corrected chi connectivity index (χ0v) is 15.8. The van der Waals surface area contributed by atoms with Gasteiger partial charge in [-0.15, -0.1) is 0 Å². The van der Waals surface area contributed by atoms with Crippen molar-refractivity contribution >= 4 is 15.6 Å². The fraction of sp³-hybridized carbons (Fsp3) is 0.273. The smallest absolute Gasteiger partial charge is 0.206 e. The summed E-state index contributed by atoms with van der Waals surface area (Å²) in [7, 11) is -3.74. The van der Waals surface area contributed by atoms with Gasteiger partial charge in [0, 0.05) is 6.42 Å². The number of fused-ring (bicyclic) bond motifs is 1. The van der Waals surface area contributed by atoms with Gasteiger partial charge in [-0.2, -0.15) is 5.26 Å². The Kier molecular flexibility index (Phi) is 4.05. The van der Waals surface area contributed by atoms with Crippen molar-refractivity contribution in [3.05, 3.63) is 71.3 Å². The van der Waals surface area contributed by atoms with E-state index in [1.165, 1.54) is 0 Å². The molecule has 4 rings (SSSR count). The highest BCUT2D eigenvalue weighted by atomic mass is 32.2. The lowest BCUT2D eigenvalue weighted by Crippen LogP contribution is -2.24. The molecule has 2 atom stereocenters. The van der Waals surface area contributed by atoms with Crippen LogP contribution >= 0.6 is 0 Å². The van der Waals surface area contributed by atoms with Crippen molar-refractivity contribution in [2.45, 2.75) is 41.4 Å². The van der Waals surface area contributed by atoms with E-state index in [-0.39, 0.29) is 21.5 Å². The largest absolute Gasteiger partial charge is 0.295 e. The Hall–Kier alpha value is -2.71. The van der Waals surface area contributed by atoms with Crippen LogP contribution in [-0.2, 0) is 20.0 Å². The number of hydrogen-bond donors (Lipinski definition) is 0. The quantitative estimate of drug-likeness (QED) is 0.813. The lowest BCUT2D eigenvalue weighted by molar-refractivity contribution is -0.114. The number of hydrogen-bond acceptors (Lipinski definition) is 4. The highest BCUT2D eigenvalue weighted by Gasteiger charge is 2.48. The topological polar surface area (TPSA) is 75.0 Å². The van der Waals surface area contributed by atoms with Gasteiger partial charge in [0.1, 0.15) is 0 Å². The van der Waals surface area contributed by atoms with Crippen LogP contribution in [0.5, 0.6) is 0 Å². The molecule has 136 valence electrons. The van der Waals surface area contributed by atoms with Crippen LogP contribution in [0.2, 0.25) is 0 Å². The van der Waals surface area contributed by atoms with Crippen molar-refractivity contribution < 1.29 is 13.2 Å². The molecule has 2 aromatic carbocycles. The molecule has 1 saturated carbocycles. The van der Waals surface area contributed by atoms with E-state index in [2.05, 4.69) is 6.07 Å². The number of sulfone groups is 1. The van der Waals surface area contributed by atoms with Crippen molar-refractivity contribution in [3.8, 4) is 6.07 Å². The average molecular weight is 377 g/mol. The van der Waals surface area contributed by atoms with Crippen LogP contribution in [-0.4, -0.2) is 14.2 Å². The summed E-state index contributed by atoms with van der Waals surface area (Å²) >= 11 is 0. The van der Waals surface area contributed by atoms with Crippen molar-refractivity contribution in [3.63, 3.8) is 0 Å². The van der Waals surface area contributed by atoms with E-state index in [0.717, 1.165) is 11.1 Å². The third-order valence-corrected chi connectivity index (χ3v) is 7.48. The summed E-state index contributed by atoms with van der Waals surface area (Å²) in [5.74, 6) is 0.148. The van der Waals surface area contributed by atoms with E-state index in [0.29, 0.717) is 24.8 Å². The van der Waals surface area contributed by atoms with Gasteiger partial charge in [-0.05, 0) is 55.5 Å². The maximum atomic E-state index is 13.3. The Morgan fingerprint density at radius 1 is 1.11 bits per heavy atom. The third kappa shape index (κ3) is 2.81. The summed E-state index contributed by atoms with van der Waals surface area (Å²) in [4.78, 5) is 12.1. The molecule has 2 aliphatic carbocycles. The van der Waals surface area contributed by atoms with Crippen LogP contribution in [0, 0.1) is 24.2 Å². The number of allylic oxidation sites excluding steroid dienone is 2. The second kappa shape index (κ2) is 6.17. The van der Waals surface area contributed by atoms with Crippen LogP contribution in [0.3, 0.4) is 0 Å². The molecule has 0 amide bonds. The molecule has 1 fully saturated rings. The highest BCUT2D eigenvalue weighted by molar-refractivity contribution is 7.91. The summed E-state index contributed by atoms with van der Waals surface area (Å²) < 4.78 is 26.6. The number of rotatable bonds is 3. The highest BCUT2D eigenvalue weighted by Crippen LogP contribution is 2.52. The van der Waals surface area contributed by atoms with Crippen LogP contribution in [0.15, 0.2) is 70.0 Å². The zero-order chi connectivity index (χ0) is 19.2. The van der Waals surface area contributed by atoms with Crippen molar-refractivity contribution in [1.82, 2.24) is 0 Å². The first kappa shape index (κ1) is 17.7. The predicted molar refractivity (Wildman–Crippen MR) is 101 cm³/mol. The summed E-state index contributed by atoms with van der Waals surface area (Å²) in [5.41, 5.74) is 1.59. The number of benzene rings is 2. The standard InChI is InChI=1S/C22H19NO3S/c1-15-6-8-19(9-7-15)27(25,26)21-5-3-2-4-20(21)22(14-23)12-16-10-18(24)11-17(16)13-22/h2-10,17H,11-13H2,1H3/t17-,22-/m1/s1. The molecule has 0 aromatic heterocycles. The van der Waals surface area contributed by atoms with E-state index < -0.39 is 15.3 Å². The van der Waals surface area contributed by atoms with Gasteiger partial charge in [0.2, 0.25) is 9.84 Å². The molecular weight excluding hydrogens is 358 g/mol. The average Bonchev–Trinajstić information content (AvgIpc) is 3.17. The molecule has 0 spiro atoms. The third-order valence-electron chi connectivity index (χ3n) is 5.66. The Morgan fingerprint density at radius 3 is 2.48 bits per heavy atom. The Labute approximate surface area is 159 Å². The first-order valence-corrected chi connectivity index (χ1v) is 10.4. The number of nitriles is 1. The first-order chi connectivity index (χ1) is 12.9. The molecule has 0 aliphatic heterocycles. The second-order valence-corrected chi connectivity index (χ2v) is 9.39. The minimum atomic E-state index is -3.74. The van der Waals surface area contributed by atoms with E-state index in [1.54, 1.807) is 54.6 Å². The molecule has 0 heterocycles. The van der Waals surface area contributed by atoms with Gasteiger partial charge in [-0.1, -0.05) is 41.5 Å². The molecule has 0 N–H and O–H groups in total. The fourth-order valence-corrected chi connectivity index (χ4v) is 5.85. The van der Waals surface area contributed by atoms with Gasteiger partial charge in [0.05, 0.1) is 21.3 Å². The van der Waals surface area contributed by atoms with Gasteiger partial charge < -0.3 is 0 Å². The first-order valence-electron chi connectivity index (χ1n) is 8.91. The number of nitrogens with zero attached hydrogens (tertiary/aromatic N) is 1. The van der Waals surface area contributed by atoms with Gasteiger partial charge in [0.15, 0.2) is 5.78 Å². The number of aryl methyl sites for hydroxylation is 1. The van der Waals surface area contributed by atoms with E-state index in [1.807, 2.05) is 6.92 Å². The molecular formula is C22H19NO3S. The Balaban J connectivity index is 1.85. The van der Waals surface area contributed by atoms with Gasteiger partial charge >= 0.3 is 0 Å². The van der Waals surface area contributed by atoms with Crippen molar-refractivity contribution in [2.24, 2.45) is 5.92 Å². The maximum Gasteiger partial charge on any atom is 0.206 e. The fourth-order valence-electron chi connectivity index (χ4n) is 4.29. The molecule has 2 aromatic rings. The SMILES string of the molecule is Cc1ccc(S(=O)(=O)c2ccccc2[C@]2(C#N)CC3=CC(=O)C[C@@H]3C2)cc1. The van der Waals surface area contributed by atoms with Crippen molar-refractivity contribution in [2.75, 3.05) is 0 Å². The van der Waals surface area contributed by atoms with Gasteiger partial charge in [0.25, 0.3) is 0 Å².